The van der Waals surface area contributed by atoms with E-state index in [-0.39, 0.29) is 24.1 Å². The molecule has 10 nitrogen and oxygen atoms in total. The van der Waals surface area contributed by atoms with Crippen LogP contribution in [0.3, 0.4) is 0 Å². The van der Waals surface area contributed by atoms with E-state index in [1.54, 1.807) is 19.2 Å². The van der Waals surface area contributed by atoms with Crippen LogP contribution in [0.2, 0.25) is 0 Å². The summed E-state index contributed by atoms with van der Waals surface area (Å²) in [6.45, 7) is 4.75. The summed E-state index contributed by atoms with van der Waals surface area (Å²) in [6.07, 6.45) is 1.06. The Balaban J connectivity index is 1.12. The highest BCUT2D eigenvalue weighted by Gasteiger charge is 2.42. The van der Waals surface area contributed by atoms with Crippen molar-refractivity contribution in [1.29, 1.82) is 0 Å². The van der Waals surface area contributed by atoms with Gasteiger partial charge in [0.2, 0.25) is 11.8 Å². The number of carbonyl (C=O) groups is 3. The molecule has 0 aliphatic carbocycles. The molecule has 0 aromatic heterocycles. The topological polar surface area (TPSA) is 107 Å². The molecule has 3 amide bonds. The van der Waals surface area contributed by atoms with Crippen LogP contribution in [0.1, 0.15) is 31.7 Å². The second-order valence-corrected chi connectivity index (χ2v) is 12.2. The van der Waals surface area contributed by atoms with E-state index >= 15 is 0 Å². The van der Waals surface area contributed by atoms with E-state index in [0.717, 1.165) is 24.3 Å². The lowest BCUT2D eigenvalue weighted by molar-refractivity contribution is -0.132. The number of aliphatic imine (C=N–C) groups is 2. The molecule has 1 N–H and O–H groups in total. The van der Waals surface area contributed by atoms with Crippen LogP contribution in [0.4, 0.5) is 17.1 Å². The molecule has 6 rings (SSSR count). The minimum absolute atomic E-state index is 0.0320. The third-order valence-corrected chi connectivity index (χ3v) is 9.50. The van der Waals surface area contributed by atoms with Crippen LogP contribution in [-0.4, -0.2) is 83.1 Å². The molecule has 3 aromatic rings. The van der Waals surface area contributed by atoms with Crippen LogP contribution >= 0.6 is 11.8 Å². The lowest BCUT2D eigenvalue weighted by Crippen LogP contribution is -2.49. The average Bonchev–Trinajstić information content (AvgIpc) is 3.42. The van der Waals surface area contributed by atoms with Crippen molar-refractivity contribution in [2.45, 2.75) is 37.5 Å². The number of rotatable bonds is 9. The zero-order chi connectivity index (χ0) is 31.3. The van der Waals surface area contributed by atoms with Gasteiger partial charge in [0.05, 0.1) is 18.0 Å². The molecular weight excluding hydrogens is 588 g/mol. The van der Waals surface area contributed by atoms with E-state index in [9.17, 15) is 14.4 Å². The van der Waals surface area contributed by atoms with E-state index in [1.807, 2.05) is 66.4 Å². The summed E-state index contributed by atoms with van der Waals surface area (Å²) in [5, 5.41) is 2.86. The molecule has 0 bridgehead atoms. The van der Waals surface area contributed by atoms with Crippen LogP contribution in [0.5, 0.6) is 5.75 Å². The van der Waals surface area contributed by atoms with E-state index in [0.29, 0.717) is 54.1 Å². The first kappa shape index (κ1) is 30.4. The van der Waals surface area contributed by atoms with Gasteiger partial charge in [0.1, 0.15) is 17.6 Å². The summed E-state index contributed by atoms with van der Waals surface area (Å²) in [5.41, 5.74) is 3.24. The number of fused-ring (bicyclic) bond motifs is 3. The SMILES string of the molecule is CC[C@H](SC1=Nc2ccccc2C2=N[C@H](CCC(=O)N3CCN(c4ccccc4)CC3)C(=O)N12)C(=O)Nc1cccc(OC)c1. The normalized spacial score (nSPS) is 18.0. The van der Waals surface area contributed by atoms with Crippen molar-refractivity contribution in [1.82, 2.24) is 9.80 Å². The Kier molecular flexibility index (Phi) is 9.16. The minimum atomic E-state index is -0.697. The molecule has 0 spiro atoms. The Hall–Kier alpha value is -4.64. The summed E-state index contributed by atoms with van der Waals surface area (Å²) < 4.78 is 5.28. The number of amides is 3. The van der Waals surface area contributed by atoms with Gasteiger partial charge in [0.15, 0.2) is 5.17 Å². The van der Waals surface area contributed by atoms with Gasteiger partial charge in [-0.15, -0.1) is 0 Å². The number of para-hydroxylation sites is 2. The minimum Gasteiger partial charge on any atom is -0.497 e. The summed E-state index contributed by atoms with van der Waals surface area (Å²) >= 11 is 1.25. The van der Waals surface area contributed by atoms with Gasteiger partial charge in [-0.2, -0.15) is 0 Å². The fraction of sp³-hybridized carbons (Fsp3) is 0.324. The number of amidine groups is 2. The standard InChI is InChI=1S/C34H36N6O4S/c1-3-29(32(42)35-23-10-9-13-25(22-23)44-2)45-34-37-27-15-8-7-14-26(27)31-36-28(33(43)40(31)34)16-17-30(41)39-20-18-38(19-21-39)24-11-5-4-6-12-24/h4-15,22,28-29H,3,16-21H2,1-2H3,(H,35,42)/t28-,29+/m1/s1. The molecule has 45 heavy (non-hydrogen) atoms. The van der Waals surface area contributed by atoms with Crippen LogP contribution < -0.4 is 15.0 Å². The Morgan fingerprint density at radius 3 is 2.51 bits per heavy atom. The molecule has 3 aliphatic heterocycles. The largest absolute Gasteiger partial charge is 0.497 e. The average molecular weight is 625 g/mol. The van der Waals surface area contributed by atoms with E-state index in [4.69, 9.17) is 14.7 Å². The number of benzene rings is 3. The number of ether oxygens (including phenoxy) is 1. The van der Waals surface area contributed by atoms with Crippen LogP contribution in [-0.2, 0) is 14.4 Å². The fourth-order valence-corrected chi connectivity index (χ4v) is 6.73. The van der Waals surface area contributed by atoms with Crippen molar-refractivity contribution in [2.75, 3.05) is 43.5 Å². The number of methoxy groups -OCH3 is 1. The number of piperazine rings is 1. The maximum atomic E-state index is 13.8. The summed E-state index contributed by atoms with van der Waals surface area (Å²) in [6, 6.07) is 24.2. The Bertz CT molecular complexity index is 1640. The number of carbonyl (C=O) groups excluding carboxylic acids is 3. The quantitative estimate of drug-likeness (QED) is 0.362. The summed E-state index contributed by atoms with van der Waals surface area (Å²) in [4.78, 5) is 55.6. The predicted molar refractivity (Wildman–Crippen MR) is 178 cm³/mol. The number of nitrogens with one attached hydrogen (secondary N) is 1. The lowest BCUT2D eigenvalue weighted by Gasteiger charge is -2.36. The smallest absolute Gasteiger partial charge is 0.259 e. The number of anilines is 2. The maximum Gasteiger partial charge on any atom is 0.259 e. The highest BCUT2D eigenvalue weighted by atomic mass is 32.2. The number of hydrogen-bond acceptors (Lipinski definition) is 8. The molecule has 1 saturated heterocycles. The third-order valence-electron chi connectivity index (χ3n) is 8.18. The summed E-state index contributed by atoms with van der Waals surface area (Å²) in [7, 11) is 1.58. The van der Waals surface area contributed by atoms with Crippen LogP contribution in [0, 0.1) is 0 Å². The molecule has 11 heteroatoms. The molecule has 0 unspecified atom stereocenters. The first-order valence-corrected chi connectivity index (χ1v) is 16.1. The second kappa shape index (κ2) is 13.6. The van der Waals surface area contributed by atoms with Gasteiger partial charge in [-0.1, -0.05) is 55.1 Å². The van der Waals surface area contributed by atoms with Crippen LogP contribution in [0.15, 0.2) is 88.8 Å². The number of thioether (sulfide) groups is 1. The molecule has 0 radical (unpaired) electrons. The summed E-state index contributed by atoms with van der Waals surface area (Å²) in [5.74, 6) is 0.770. The van der Waals surface area contributed by atoms with Gasteiger partial charge >= 0.3 is 0 Å². The number of nitrogens with zero attached hydrogens (tertiary/aromatic N) is 5. The number of hydrogen-bond donors (Lipinski definition) is 1. The van der Waals surface area contributed by atoms with E-state index in [2.05, 4.69) is 22.3 Å². The van der Waals surface area contributed by atoms with Crippen molar-refractivity contribution in [2.24, 2.45) is 9.98 Å². The molecule has 232 valence electrons. The van der Waals surface area contributed by atoms with Crippen molar-refractivity contribution >= 4 is 57.5 Å². The molecule has 0 saturated carbocycles. The molecule has 3 aliphatic rings. The van der Waals surface area contributed by atoms with Gasteiger partial charge < -0.3 is 19.9 Å². The Morgan fingerprint density at radius 1 is 1.00 bits per heavy atom. The molecular formula is C34H36N6O4S. The van der Waals surface area contributed by atoms with Crippen molar-refractivity contribution in [3.63, 3.8) is 0 Å². The molecule has 3 aromatic carbocycles. The Morgan fingerprint density at radius 2 is 1.76 bits per heavy atom. The van der Waals surface area contributed by atoms with Crippen LogP contribution in [0.25, 0.3) is 0 Å². The van der Waals surface area contributed by atoms with Gasteiger partial charge in [0.25, 0.3) is 5.91 Å². The van der Waals surface area contributed by atoms with Crippen molar-refractivity contribution < 1.29 is 19.1 Å². The molecule has 1 fully saturated rings. The fourth-order valence-electron chi connectivity index (χ4n) is 5.71. The third kappa shape index (κ3) is 6.58. The van der Waals surface area contributed by atoms with Gasteiger partial charge in [-0.25, -0.2) is 9.89 Å². The van der Waals surface area contributed by atoms with Gasteiger partial charge in [-0.05, 0) is 49.2 Å². The maximum absolute atomic E-state index is 13.8. The first-order chi connectivity index (χ1) is 21.9. The van der Waals surface area contributed by atoms with E-state index in [1.165, 1.54) is 16.7 Å². The molecule has 3 heterocycles. The zero-order valence-corrected chi connectivity index (χ0v) is 26.2. The van der Waals surface area contributed by atoms with Gasteiger partial charge in [-0.3, -0.25) is 19.4 Å². The highest BCUT2D eigenvalue weighted by Crippen LogP contribution is 2.36. The first-order valence-electron chi connectivity index (χ1n) is 15.2. The van der Waals surface area contributed by atoms with Crippen molar-refractivity contribution in [3.8, 4) is 5.75 Å². The zero-order valence-electron chi connectivity index (χ0n) is 25.4. The molecule has 2 atom stereocenters. The monoisotopic (exact) mass is 624 g/mol. The lowest BCUT2D eigenvalue weighted by atomic mass is 10.1. The van der Waals surface area contributed by atoms with Gasteiger partial charge in [0, 0.05) is 55.6 Å². The highest BCUT2D eigenvalue weighted by molar-refractivity contribution is 8.15. The van der Waals surface area contributed by atoms with E-state index < -0.39 is 11.3 Å². The van der Waals surface area contributed by atoms with Crippen molar-refractivity contribution in [3.05, 3.63) is 84.4 Å². The second-order valence-electron chi connectivity index (χ2n) is 11.0. The Labute approximate surface area is 267 Å². The predicted octanol–water partition coefficient (Wildman–Crippen LogP) is 4.93.